The Labute approximate surface area is 143 Å². The van der Waals surface area contributed by atoms with Gasteiger partial charge < -0.3 is 4.90 Å². The molecule has 4 rings (SSSR count). The van der Waals surface area contributed by atoms with E-state index in [-0.39, 0.29) is 0 Å². The van der Waals surface area contributed by atoms with Crippen molar-refractivity contribution in [2.24, 2.45) is 0 Å². The first kappa shape index (κ1) is 14.9. The SMILES string of the molecule is C(=C\c1ccc2ccccc2n1)/c1ccc(N2CCCCC2)cc1. The highest BCUT2D eigenvalue weighted by Gasteiger charge is 2.10. The summed E-state index contributed by atoms with van der Waals surface area (Å²) in [6.07, 6.45) is 8.22. The van der Waals surface area contributed by atoms with Gasteiger partial charge >= 0.3 is 0 Å². The van der Waals surface area contributed by atoms with Gasteiger partial charge in [0.2, 0.25) is 0 Å². The zero-order valence-electron chi connectivity index (χ0n) is 13.9. The lowest BCUT2D eigenvalue weighted by Crippen LogP contribution is -2.29. The van der Waals surface area contributed by atoms with Crippen LogP contribution in [0.2, 0.25) is 0 Å². The number of aromatic nitrogens is 1. The number of nitrogens with zero attached hydrogens (tertiary/aromatic N) is 2. The van der Waals surface area contributed by atoms with Crippen LogP contribution in [0.15, 0.2) is 60.7 Å². The van der Waals surface area contributed by atoms with Gasteiger partial charge in [-0.05, 0) is 55.2 Å². The number of benzene rings is 2. The highest BCUT2D eigenvalue weighted by Crippen LogP contribution is 2.21. The smallest absolute Gasteiger partial charge is 0.0709 e. The summed E-state index contributed by atoms with van der Waals surface area (Å²) in [5.74, 6) is 0. The Hall–Kier alpha value is -2.61. The second-order valence-corrected chi connectivity index (χ2v) is 6.40. The quantitative estimate of drug-likeness (QED) is 0.644. The van der Waals surface area contributed by atoms with Crippen molar-refractivity contribution in [1.29, 1.82) is 0 Å². The van der Waals surface area contributed by atoms with E-state index in [2.05, 4.69) is 70.6 Å². The number of hydrogen-bond donors (Lipinski definition) is 0. The second-order valence-electron chi connectivity index (χ2n) is 6.40. The molecule has 0 aliphatic carbocycles. The molecular weight excluding hydrogens is 292 g/mol. The summed E-state index contributed by atoms with van der Waals surface area (Å²) in [4.78, 5) is 7.17. The molecule has 0 spiro atoms. The molecule has 2 heterocycles. The van der Waals surface area contributed by atoms with Crippen LogP contribution in [0.4, 0.5) is 5.69 Å². The van der Waals surface area contributed by atoms with Gasteiger partial charge in [0.15, 0.2) is 0 Å². The van der Waals surface area contributed by atoms with Crippen molar-refractivity contribution in [2.45, 2.75) is 19.3 Å². The topological polar surface area (TPSA) is 16.1 Å². The Morgan fingerprint density at radius 3 is 2.38 bits per heavy atom. The van der Waals surface area contributed by atoms with Crippen molar-refractivity contribution >= 4 is 28.7 Å². The summed E-state index contributed by atoms with van der Waals surface area (Å²) in [7, 11) is 0. The van der Waals surface area contributed by atoms with Crippen molar-refractivity contribution in [3.05, 3.63) is 71.9 Å². The van der Waals surface area contributed by atoms with Crippen molar-refractivity contribution in [2.75, 3.05) is 18.0 Å². The van der Waals surface area contributed by atoms with Crippen LogP contribution in [0.3, 0.4) is 0 Å². The van der Waals surface area contributed by atoms with Crippen LogP contribution < -0.4 is 4.90 Å². The van der Waals surface area contributed by atoms with Gasteiger partial charge in [-0.3, -0.25) is 0 Å². The minimum absolute atomic E-state index is 0.994. The molecule has 24 heavy (non-hydrogen) atoms. The molecule has 0 unspecified atom stereocenters. The average molecular weight is 314 g/mol. The summed E-state index contributed by atoms with van der Waals surface area (Å²) in [6, 6.07) is 21.3. The van der Waals surface area contributed by atoms with Crippen LogP contribution in [0.5, 0.6) is 0 Å². The van der Waals surface area contributed by atoms with Crippen LogP contribution in [0, 0.1) is 0 Å². The Morgan fingerprint density at radius 2 is 1.54 bits per heavy atom. The number of pyridine rings is 1. The molecule has 1 aromatic heterocycles. The van der Waals surface area contributed by atoms with E-state index in [0.717, 1.165) is 11.2 Å². The fourth-order valence-electron chi connectivity index (χ4n) is 3.30. The number of rotatable bonds is 3. The van der Waals surface area contributed by atoms with Crippen LogP contribution >= 0.6 is 0 Å². The van der Waals surface area contributed by atoms with E-state index in [1.807, 2.05) is 12.1 Å². The standard InChI is InChI=1S/C22H22N2/c1-4-16-24(17-5-1)21-14-9-18(10-15-21)8-12-20-13-11-19-6-2-3-7-22(19)23-20/h2-3,6-15H,1,4-5,16-17H2/b12-8+. The van der Waals surface area contributed by atoms with E-state index >= 15 is 0 Å². The highest BCUT2D eigenvalue weighted by molar-refractivity contribution is 5.80. The molecule has 0 bridgehead atoms. The average Bonchev–Trinajstić information content (AvgIpc) is 2.67. The molecule has 1 fully saturated rings. The summed E-state index contributed by atoms with van der Waals surface area (Å²) in [5, 5.41) is 1.18. The lowest BCUT2D eigenvalue weighted by Gasteiger charge is -2.28. The molecule has 1 aliphatic rings. The maximum absolute atomic E-state index is 4.69. The monoisotopic (exact) mass is 314 g/mol. The molecule has 2 aromatic carbocycles. The van der Waals surface area contributed by atoms with Crippen LogP contribution in [-0.4, -0.2) is 18.1 Å². The van der Waals surface area contributed by atoms with Gasteiger partial charge in [0.1, 0.15) is 0 Å². The van der Waals surface area contributed by atoms with Gasteiger partial charge in [-0.2, -0.15) is 0 Å². The Balaban J connectivity index is 1.50. The van der Waals surface area contributed by atoms with Gasteiger partial charge in [0.05, 0.1) is 11.2 Å². The van der Waals surface area contributed by atoms with E-state index in [0.29, 0.717) is 0 Å². The van der Waals surface area contributed by atoms with Gasteiger partial charge in [-0.25, -0.2) is 4.98 Å². The first-order chi connectivity index (χ1) is 11.9. The minimum Gasteiger partial charge on any atom is -0.372 e. The number of piperidine rings is 1. The third kappa shape index (κ3) is 3.33. The summed E-state index contributed by atoms with van der Waals surface area (Å²) < 4.78 is 0. The van der Waals surface area contributed by atoms with E-state index in [9.17, 15) is 0 Å². The number of anilines is 1. The van der Waals surface area contributed by atoms with Crippen LogP contribution in [0.1, 0.15) is 30.5 Å². The predicted octanol–water partition coefficient (Wildman–Crippen LogP) is 5.40. The van der Waals surface area contributed by atoms with E-state index < -0.39 is 0 Å². The largest absolute Gasteiger partial charge is 0.372 e. The Bertz CT molecular complexity index is 843. The molecule has 0 radical (unpaired) electrons. The molecule has 3 aromatic rings. The van der Waals surface area contributed by atoms with E-state index in [4.69, 9.17) is 0 Å². The summed E-state index contributed by atoms with van der Waals surface area (Å²) in [5.41, 5.74) is 4.59. The zero-order valence-corrected chi connectivity index (χ0v) is 13.9. The molecule has 1 saturated heterocycles. The molecule has 2 heteroatoms. The van der Waals surface area contributed by atoms with Gasteiger partial charge in [-0.15, -0.1) is 0 Å². The second kappa shape index (κ2) is 6.88. The molecular formula is C22H22N2. The Morgan fingerprint density at radius 1 is 0.750 bits per heavy atom. The third-order valence-electron chi connectivity index (χ3n) is 4.68. The van der Waals surface area contributed by atoms with E-state index in [1.54, 1.807) is 0 Å². The molecule has 0 saturated carbocycles. The van der Waals surface area contributed by atoms with E-state index in [1.165, 1.54) is 49.0 Å². The third-order valence-corrected chi connectivity index (χ3v) is 4.68. The van der Waals surface area contributed by atoms with Gasteiger partial charge in [0.25, 0.3) is 0 Å². The molecule has 1 aliphatic heterocycles. The molecule has 0 atom stereocenters. The summed E-state index contributed by atoms with van der Waals surface area (Å²) >= 11 is 0. The number of fused-ring (bicyclic) bond motifs is 1. The van der Waals surface area contributed by atoms with Gasteiger partial charge in [-0.1, -0.05) is 42.5 Å². The van der Waals surface area contributed by atoms with Crippen molar-refractivity contribution < 1.29 is 0 Å². The van der Waals surface area contributed by atoms with Crippen molar-refractivity contribution in [3.8, 4) is 0 Å². The molecule has 0 N–H and O–H groups in total. The molecule has 0 amide bonds. The highest BCUT2D eigenvalue weighted by atomic mass is 15.1. The lowest BCUT2D eigenvalue weighted by atomic mass is 10.1. The maximum Gasteiger partial charge on any atom is 0.0709 e. The Kier molecular flexibility index (Phi) is 4.28. The van der Waals surface area contributed by atoms with Crippen LogP contribution in [0.25, 0.3) is 23.1 Å². The fraction of sp³-hybridized carbons (Fsp3) is 0.227. The fourth-order valence-corrected chi connectivity index (χ4v) is 3.30. The minimum atomic E-state index is 0.994. The number of hydrogen-bond acceptors (Lipinski definition) is 2. The van der Waals surface area contributed by atoms with Crippen molar-refractivity contribution in [3.63, 3.8) is 0 Å². The first-order valence-corrected chi connectivity index (χ1v) is 8.77. The van der Waals surface area contributed by atoms with Gasteiger partial charge in [0, 0.05) is 24.2 Å². The van der Waals surface area contributed by atoms with Crippen molar-refractivity contribution in [1.82, 2.24) is 4.98 Å². The maximum atomic E-state index is 4.69. The molecule has 120 valence electrons. The molecule has 2 nitrogen and oxygen atoms in total. The zero-order chi connectivity index (χ0) is 16.2. The summed E-state index contributed by atoms with van der Waals surface area (Å²) in [6.45, 7) is 2.38. The number of para-hydroxylation sites is 1. The predicted molar refractivity (Wildman–Crippen MR) is 103 cm³/mol. The lowest BCUT2D eigenvalue weighted by molar-refractivity contribution is 0.578. The first-order valence-electron chi connectivity index (χ1n) is 8.77. The normalized spacial score (nSPS) is 15.2. The van der Waals surface area contributed by atoms with Crippen LogP contribution in [-0.2, 0) is 0 Å².